The van der Waals surface area contributed by atoms with Crippen molar-refractivity contribution >= 4 is 11.6 Å². The van der Waals surface area contributed by atoms with Crippen molar-refractivity contribution in [2.45, 2.75) is 57.6 Å². The lowest BCUT2D eigenvalue weighted by molar-refractivity contribution is 0.0508. The molecule has 19 heavy (non-hydrogen) atoms. The summed E-state index contributed by atoms with van der Waals surface area (Å²) in [5.41, 5.74) is 4.31. The van der Waals surface area contributed by atoms with E-state index in [0.29, 0.717) is 17.9 Å². The van der Waals surface area contributed by atoms with Crippen LogP contribution < -0.4 is 0 Å². The Kier molecular flexibility index (Phi) is 3.61. The van der Waals surface area contributed by atoms with Crippen LogP contribution in [-0.4, -0.2) is 12.2 Å². The monoisotopic (exact) mass is 278 g/mol. The standard InChI is InChI=1S/C17H23ClO/c1-10-11(2)19-12(3)16(10)17(18)15-8-7-13-5-4-6-14(13)9-15/h7-12,16-17H,4-6H2,1-3H3. The molecule has 0 bridgehead atoms. The summed E-state index contributed by atoms with van der Waals surface area (Å²) < 4.78 is 5.94. The van der Waals surface area contributed by atoms with Crippen molar-refractivity contribution in [3.8, 4) is 0 Å². The highest BCUT2D eigenvalue weighted by molar-refractivity contribution is 6.21. The minimum atomic E-state index is 0.0702. The van der Waals surface area contributed by atoms with Crippen LogP contribution in [-0.2, 0) is 17.6 Å². The Balaban J connectivity index is 1.85. The highest BCUT2D eigenvalue weighted by Gasteiger charge is 2.41. The van der Waals surface area contributed by atoms with E-state index in [9.17, 15) is 0 Å². The van der Waals surface area contributed by atoms with Crippen LogP contribution in [0.1, 0.15) is 49.3 Å². The smallest absolute Gasteiger partial charge is 0.0641 e. The zero-order valence-electron chi connectivity index (χ0n) is 12.0. The number of hydrogen-bond donors (Lipinski definition) is 0. The van der Waals surface area contributed by atoms with Gasteiger partial charge in [-0.15, -0.1) is 11.6 Å². The molecular formula is C17H23ClO. The van der Waals surface area contributed by atoms with Crippen LogP contribution in [0.4, 0.5) is 0 Å². The van der Waals surface area contributed by atoms with E-state index < -0.39 is 0 Å². The second-order valence-electron chi connectivity index (χ2n) is 6.27. The Morgan fingerprint density at radius 2 is 1.84 bits per heavy atom. The van der Waals surface area contributed by atoms with Gasteiger partial charge in [0.25, 0.3) is 0 Å². The third-order valence-corrected chi connectivity index (χ3v) is 5.64. The fourth-order valence-electron chi connectivity index (χ4n) is 3.78. The Morgan fingerprint density at radius 1 is 1.11 bits per heavy atom. The minimum Gasteiger partial charge on any atom is -0.375 e. The Bertz CT molecular complexity index is 470. The molecule has 0 radical (unpaired) electrons. The number of halogens is 1. The summed E-state index contributed by atoms with van der Waals surface area (Å²) in [4.78, 5) is 0. The minimum absolute atomic E-state index is 0.0702. The SMILES string of the molecule is CC1OC(C)C(C(Cl)c2ccc3c(c2)CCC3)C1C. The van der Waals surface area contributed by atoms with Gasteiger partial charge in [-0.25, -0.2) is 0 Å². The quantitative estimate of drug-likeness (QED) is 0.723. The normalized spacial score (nSPS) is 35.4. The lowest BCUT2D eigenvalue weighted by Crippen LogP contribution is -2.22. The molecule has 5 unspecified atom stereocenters. The van der Waals surface area contributed by atoms with Crippen LogP contribution in [0.2, 0.25) is 0 Å². The summed E-state index contributed by atoms with van der Waals surface area (Å²) in [5, 5.41) is 0.0702. The van der Waals surface area contributed by atoms with E-state index in [0.717, 1.165) is 0 Å². The van der Waals surface area contributed by atoms with Crippen molar-refractivity contribution < 1.29 is 4.74 Å². The van der Waals surface area contributed by atoms with Gasteiger partial charge in [0.2, 0.25) is 0 Å². The van der Waals surface area contributed by atoms with Gasteiger partial charge in [0.15, 0.2) is 0 Å². The Labute approximate surface area is 121 Å². The number of hydrogen-bond acceptors (Lipinski definition) is 1. The van der Waals surface area contributed by atoms with E-state index in [2.05, 4.69) is 39.0 Å². The molecule has 5 atom stereocenters. The average Bonchev–Trinajstić information content (AvgIpc) is 2.94. The second kappa shape index (κ2) is 5.10. The number of rotatable bonds is 2. The predicted octanol–water partition coefficient (Wildman–Crippen LogP) is 4.51. The maximum Gasteiger partial charge on any atom is 0.0641 e. The van der Waals surface area contributed by atoms with Crippen molar-refractivity contribution in [3.05, 3.63) is 34.9 Å². The molecule has 3 rings (SSSR count). The largest absolute Gasteiger partial charge is 0.375 e. The molecule has 1 aromatic rings. The summed E-state index contributed by atoms with van der Waals surface area (Å²) in [6, 6.07) is 6.84. The van der Waals surface area contributed by atoms with E-state index in [4.69, 9.17) is 16.3 Å². The topological polar surface area (TPSA) is 9.23 Å². The molecule has 1 aliphatic heterocycles. The summed E-state index contributed by atoms with van der Waals surface area (Å²) in [6.45, 7) is 6.59. The van der Waals surface area contributed by atoms with E-state index in [1.807, 2.05) is 0 Å². The number of benzene rings is 1. The van der Waals surface area contributed by atoms with Gasteiger partial charge in [-0.1, -0.05) is 25.1 Å². The third kappa shape index (κ3) is 2.32. The van der Waals surface area contributed by atoms with E-state index in [-0.39, 0.29) is 11.5 Å². The fourth-order valence-corrected chi connectivity index (χ4v) is 4.35. The van der Waals surface area contributed by atoms with Crippen LogP contribution >= 0.6 is 11.6 Å². The highest BCUT2D eigenvalue weighted by atomic mass is 35.5. The summed E-state index contributed by atoms with van der Waals surface area (Å²) in [6.07, 6.45) is 4.31. The van der Waals surface area contributed by atoms with Gasteiger partial charge in [-0.3, -0.25) is 0 Å². The first-order valence-electron chi connectivity index (χ1n) is 7.49. The zero-order valence-corrected chi connectivity index (χ0v) is 12.8. The van der Waals surface area contributed by atoms with Crippen LogP contribution in [0.3, 0.4) is 0 Å². The highest BCUT2D eigenvalue weighted by Crippen LogP contribution is 2.44. The second-order valence-corrected chi connectivity index (χ2v) is 6.74. The number of alkyl halides is 1. The molecule has 104 valence electrons. The van der Waals surface area contributed by atoms with E-state index >= 15 is 0 Å². The first-order valence-corrected chi connectivity index (χ1v) is 7.93. The predicted molar refractivity (Wildman–Crippen MR) is 79.7 cm³/mol. The molecule has 0 spiro atoms. The summed E-state index contributed by atoms with van der Waals surface area (Å²) in [5.74, 6) is 0.932. The average molecular weight is 279 g/mol. The van der Waals surface area contributed by atoms with Crippen LogP contribution in [0.5, 0.6) is 0 Å². The molecule has 1 heterocycles. The Morgan fingerprint density at radius 3 is 2.53 bits per heavy atom. The maximum absolute atomic E-state index is 6.79. The number of fused-ring (bicyclic) bond motifs is 1. The molecule has 0 aromatic heterocycles. The molecule has 0 N–H and O–H groups in total. The molecule has 1 fully saturated rings. The summed E-state index contributed by atoms with van der Waals surface area (Å²) >= 11 is 6.79. The lowest BCUT2D eigenvalue weighted by Gasteiger charge is -2.24. The number of ether oxygens (including phenoxy) is 1. The van der Waals surface area contributed by atoms with Crippen molar-refractivity contribution in [1.29, 1.82) is 0 Å². The first-order chi connectivity index (χ1) is 9.08. The maximum atomic E-state index is 6.79. The van der Waals surface area contributed by atoms with E-state index in [1.54, 1.807) is 0 Å². The van der Waals surface area contributed by atoms with Crippen LogP contribution in [0.25, 0.3) is 0 Å². The van der Waals surface area contributed by atoms with E-state index in [1.165, 1.54) is 36.0 Å². The van der Waals surface area contributed by atoms with Crippen molar-refractivity contribution in [1.82, 2.24) is 0 Å². The Hall–Kier alpha value is -0.530. The van der Waals surface area contributed by atoms with Gasteiger partial charge < -0.3 is 4.74 Å². The molecule has 1 aliphatic carbocycles. The van der Waals surface area contributed by atoms with Gasteiger partial charge in [-0.05, 0) is 55.7 Å². The van der Waals surface area contributed by atoms with Gasteiger partial charge in [0, 0.05) is 5.92 Å². The van der Waals surface area contributed by atoms with Crippen molar-refractivity contribution in [2.24, 2.45) is 11.8 Å². The van der Waals surface area contributed by atoms with Crippen LogP contribution in [0.15, 0.2) is 18.2 Å². The van der Waals surface area contributed by atoms with Crippen molar-refractivity contribution in [2.75, 3.05) is 0 Å². The molecule has 1 aromatic carbocycles. The molecular weight excluding hydrogens is 256 g/mol. The van der Waals surface area contributed by atoms with Gasteiger partial charge >= 0.3 is 0 Å². The van der Waals surface area contributed by atoms with Crippen LogP contribution in [0, 0.1) is 11.8 Å². The molecule has 2 aliphatic rings. The fraction of sp³-hybridized carbons (Fsp3) is 0.647. The van der Waals surface area contributed by atoms with Gasteiger partial charge in [0.05, 0.1) is 17.6 Å². The molecule has 0 saturated carbocycles. The first kappa shape index (κ1) is 13.5. The summed E-state index contributed by atoms with van der Waals surface area (Å²) in [7, 11) is 0. The van der Waals surface area contributed by atoms with Gasteiger partial charge in [-0.2, -0.15) is 0 Å². The van der Waals surface area contributed by atoms with Gasteiger partial charge in [0.1, 0.15) is 0 Å². The van der Waals surface area contributed by atoms with Crippen molar-refractivity contribution in [3.63, 3.8) is 0 Å². The number of aryl methyl sites for hydroxylation is 2. The molecule has 1 saturated heterocycles. The lowest BCUT2D eigenvalue weighted by atomic mass is 9.83. The molecule has 1 nitrogen and oxygen atoms in total. The zero-order chi connectivity index (χ0) is 13.6. The molecule has 2 heteroatoms. The molecule has 0 amide bonds. The third-order valence-electron chi connectivity index (χ3n) is 5.10.